The molecule has 0 atom stereocenters. The summed E-state index contributed by atoms with van der Waals surface area (Å²) in [6.45, 7) is 2.24. The van der Waals surface area contributed by atoms with Crippen molar-refractivity contribution in [2.24, 2.45) is 4.99 Å². The molecule has 0 unspecified atom stereocenters. The van der Waals surface area contributed by atoms with Crippen LogP contribution in [0.15, 0.2) is 83.5 Å². The van der Waals surface area contributed by atoms with Crippen LogP contribution in [-0.2, 0) is 16.1 Å². The maximum atomic E-state index is 12.2. The summed E-state index contributed by atoms with van der Waals surface area (Å²) in [7, 11) is 0. The summed E-state index contributed by atoms with van der Waals surface area (Å²) in [6, 6.07) is 21.0. The van der Waals surface area contributed by atoms with Gasteiger partial charge in [0.25, 0.3) is 5.69 Å². The molecule has 0 fully saturated rings. The summed E-state index contributed by atoms with van der Waals surface area (Å²) in [4.78, 5) is 26.8. The maximum Gasteiger partial charge on any atom is 0.363 e. The Labute approximate surface area is 178 Å². The van der Waals surface area contributed by atoms with Gasteiger partial charge in [-0.3, -0.25) is 10.1 Å². The molecule has 7 nitrogen and oxygen atoms in total. The van der Waals surface area contributed by atoms with E-state index in [0.717, 1.165) is 22.3 Å². The van der Waals surface area contributed by atoms with Crippen LogP contribution < -0.4 is 4.74 Å². The number of hydrogen-bond acceptors (Lipinski definition) is 6. The summed E-state index contributed by atoms with van der Waals surface area (Å²) in [5, 5.41) is 10.7. The third-order valence-corrected chi connectivity index (χ3v) is 4.63. The van der Waals surface area contributed by atoms with Crippen LogP contribution in [0.2, 0.25) is 0 Å². The van der Waals surface area contributed by atoms with E-state index in [-0.39, 0.29) is 23.9 Å². The summed E-state index contributed by atoms with van der Waals surface area (Å²) in [5.41, 5.74) is 3.63. The second kappa shape index (κ2) is 8.62. The van der Waals surface area contributed by atoms with Crippen molar-refractivity contribution >= 4 is 23.6 Å². The Morgan fingerprint density at radius 2 is 1.81 bits per heavy atom. The van der Waals surface area contributed by atoms with E-state index < -0.39 is 10.9 Å². The van der Waals surface area contributed by atoms with E-state index in [0.29, 0.717) is 5.75 Å². The molecule has 1 heterocycles. The number of nitro benzene ring substituents is 1. The van der Waals surface area contributed by atoms with Crippen LogP contribution in [0.3, 0.4) is 0 Å². The SMILES string of the molecule is Cc1ccc(C2=N/C(=C\c3cccc(OCc4ccc([N+](=O)[O-])cc4)c3)C(=O)O2)cc1. The minimum absolute atomic E-state index is 0.0337. The summed E-state index contributed by atoms with van der Waals surface area (Å²) >= 11 is 0. The van der Waals surface area contributed by atoms with Gasteiger partial charge in [-0.1, -0.05) is 29.8 Å². The van der Waals surface area contributed by atoms with Gasteiger partial charge in [-0.15, -0.1) is 0 Å². The van der Waals surface area contributed by atoms with Crippen molar-refractivity contribution in [3.8, 4) is 5.75 Å². The predicted molar refractivity (Wildman–Crippen MR) is 116 cm³/mol. The Bertz CT molecular complexity index is 1200. The van der Waals surface area contributed by atoms with Gasteiger partial charge in [-0.05, 0) is 60.5 Å². The molecule has 0 aliphatic carbocycles. The number of aliphatic imine (C=N–C) groups is 1. The summed E-state index contributed by atoms with van der Waals surface area (Å²) in [5.74, 6) is 0.372. The number of hydrogen-bond donors (Lipinski definition) is 0. The molecule has 0 N–H and O–H groups in total. The zero-order valence-electron chi connectivity index (χ0n) is 16.6. The molecule has 0 spiro atoms. The molecule has 31 heavy (non-hydrogen) atoms. The fourth-order valence-electron chi connectivity index (χ4n) is 2.96. The van der Waals surface area contributed by atoms with E-state index in [4.69, 9.17) is 9.47 Å². The Hall–Kier alpha value is -4.26. The highest BCUT2D eigenvalue weighted by atomic mass is 16.6. The number of ether oxygens (including phenoxy) is 2. The molecule has 0 aromatic heterocycles. The lowest BCUT2D eigenvalue weighted by Crippen LogP contribution is -2.05. The normalized spacial score (nSPS) is 14.3. The van der Waals surface area contributed by atoms with Crippen LogP contribution >= 0.6 is 0 Å². The van der Waals surface area contributed by atoms with Crippen LogP contribution in [0.5, 0.6) is 5.75 Å². The minimum Gasteiger partial charge on any atom is -0.489 e. The molecule has 7 heteroatoms. The molecule has 3 aromatic carbocycles. The monoisotopic (exact) mass is 414 g/mol. The highest BCUT2D eigenvalue weighted by Gasteiger charge is 2.24. The average Bonchev–Trinajstić information content (AvgIpc) is 3.13. The first-order chi connectivity index (χ1) is 15.0. The fraction of sp³-hybridized carbons (Fsp3) is 0.0833. The molecular weight excluding hydrogens is 396 g/mol. The Morgan fingerprint density at radius 1 is 1.06 bits per heavy atom. The number of aryl methyl sites for hydroxylation is 1. The van der Waals surface area contributed by atoms with E-state index in [1.165, 1.54) is 12.1 Å². The van der Waals surface area contributed by atoms with E-state index in [2.05, 4.69) is 4.99 Å². The molecular formula is C24H18N2O5. The lowest BCUT2D eigenvalue weighted by atomic mass is 10.1. The highest BCUT2D eigenvalue weighted by molar-refractivity contribution is 6.12. The summed E-state index contributed by atoms with van der Waals surface area (Å²) in [6.07, 6.45) is 1.64. The standard InChI is InChI=1S/C24H18N2O5/c1-16-5-9-19(10-6-16)23-25-22(24(27)31-23)14-18-3-2-4-21(13-18)30-15-17-7-11-20(12-8-17)26(28)29/h2-14H,15H2,1H3/b22-14-. The van der Waals surface area contributed by atoms with Crippen LogP contribution in [0.4, 0.5) is 5.69 Å². The highest BCUT2D eigenvalue weighted by Crippen LogP contribution is 2.22. The zero-order chi connectivity index (χ0) is 21.8. The van der Waals surface area contributed by atoms with Gasteiger partial charge < -0.3 is 9.47 Å². The molecule has 0 amide bonds. The molecule has 1 aliphatic rings. The number of rotatable bonds is 6. The van der Waals surface area contributed by atoms with E-state index in [1.807, 2.05) is 43.3 Å². The van der Waals surface area contributed by atoms with E-state index >= 15 is 0 Å². The van der Waals surface area contributed by atoms with E-state index in [1.54, 1.807) is 30.3 Å². The molecule has 0 saturated carbocycles. The van der Waals surface area contributed by atoms with Gasteiger partial charge in [0.2, 0.25) is 5.90 Å². The van der Waals surface area contributed by atoms with Gasteiger partial charge in [0, 0.05) is 17.7 Å². The van der Waals surface area contributed by atoms with Crippen molar-refractivity contribution in [1.29, 1.82) is 0 Å². The molecule has 0 radical (unpaired) electrons. The first kappa shape index (κ1) is 20.0. The van der Waals surface area contributed by atoms with Gasteiger partial charge >= 0.3 is 5.97 Å². The largest absolute Gasteiger partial charge is 0.489 e. The number of esters is 1. The van der Waals surface area contributed by atoms with Crippen molar-refractivity contribution in [2.75, 3.05) is 0 Å². The second-order valence-corrected chi connectivity index (χ2v) is 6.99. The van der Waals surface area contributed by atoms with Gasteiger partial charge in [-0.2, -0.15) is 0 Å². The molecule has 4 rings (SSSR count). The molecule has 154 valence electrons. The number of nitrogens with zero attached hydrogens (tertiary/aromatic N) is 2. The lowest BCUT2D eigenvalue weighted by Gasteiger charge is -2.07. The van der Waals surface area contributed by atoms with Gasteiger partial charge in [0.1, 0.15) is 12.4 Å². The topological polar surface area (TPSA) is 91.0 Å². The zero-order valence-corrected chi connectivity index (χ0v) is 16.6. The lowest BCUT2D eigenvalue weighted by molar-refractivity contribution is -0.384. The quantitative estimate of drug-likeness (QED) is 0.249. The van der Waals surface area contributed by atoms with Crippen molar-refractivity contribution in [3.05, 3.63) is 111 Å². The Morgan fingerprint density at radius 3 is 2.52 bits per heavy atom. The number of carbonyl (C=O) groups is 1. The van der Waals surface area contributed by atoms with Crippen LogP contribution in [-0.4, -0.2) is 16.8 Å². The number of carbonyl (C=O) groups excluding carboxylic acids is 1. The number of benzene rings is 3. The van der Waals surface area contributed by atoms with Crippen LogP contribution in [0.1, 0.15) is 22.3 Å². The van der Waals surface area contributed by atoms with Gasteiger partial charge in [0.15, 0.2) is 5.70 Å². The van der Waals surface area contributed by atoms with Crippen molar-refractivity contribution in [3.63, 3.8) is 0 Å². The Balaban J connectivity index is 1.47. The van der Waals surface area contributed by atoms with Crippen LogP contribution in [0, 0.1) is 17.0 Å². The van der Waals surface area contributed by atoms with E-state index in [9.17, 15) is 14.9 Å². The number of cyclic esters (lactones) is 1. The number of non-ortho nitro benzene ring substituents is 1. The smallest absolute Gasteiger partial charge is 0.363 e. The average molecular weight is 414 g/mol. The maximum absolute atomic E-state index is 12.2. The fourth-order valence-corrected chi connectivity index (χ4v) is 2.96. The van der Waals surface area contributed by atoms with Crippen molar-refractivity contribution in [1.82, 2.24) is 0 Å². The predicted octanol–water partition coefficient (Wildman–Crippen LogP) is 4.83. The minimum atomic E-state index is -0.507. The Kier molecular flexibility index (Phi) is 5.57. The summed E-state index contributed by atoms with van der Waals surface area (Å²) < 4.78 is 11.1. The van der Waals surface area contributed by atoms with Gasteiger partial charge in [-0.25, -0.2) is 9.79 Å². The van der Waals surface area contributed by atoms with Crippen LogP contribution in [0.25, 0.3) is 6.08 Å². The second-order valence-electron chi connectivity index (χ2n) is 6.99. The first-order valence-corrected chi connectivity index (χ1v) is 9.54. The van der Waals surface area contributed by atoms with Crippen molar-refractivity contribution in [2.45, 2.75) is 13.5 Å². The van der Waals surface area contributed by atoms with Crippen molar-refractivity contribution < 1.29 is 19.2 Å². The molecule has 0 saturated heterocycles. The third kappa shape index (κ3) is 4.84. The third-order valence-electron chi connectivity index (χ3n) is 4.63. The molecule has 1 aliphatic heterocycles. The number of nitro groups is 1. The van der Waals surface area contributed by atoms with Gasteiger partial charge in [0.05, 0.1) is 4.92 Å². The molecule has 3 aromatic rings. The molecule has 0 bridgehead atoms. The first-order valence-electron chi connectivity index (χ1n) is 9.54.